The molecule has 5 heteroatoms. The fourth-order valence-corrected chi connectivity index (χ4v) is 2.99. The molecule has 1 aliphatic carbocycles. The van der Waals surface area contributed by atoms with Crippen LogP contribution < -0.4 is 11.1 Å². The summed E-state index contributed by atoms with van der Waals surface area (Å²) in [5.74, 6) is 0.0638. The first-order valence-corrected chi connectivity index (χ1v) is 7.47. The van der Waals surface area contributed by atoms with Gasteiger partial charge in [0.05, 0.1) is 5.54 Å². The van der Waals surface area contributed by atoms with E-state index in [1.165, 1.54) is 6.42 Å². The van der Waals surface area contributed by atoms with E-state index in [1.54, 1.807) is 0 Å². The first-order valence-electron chi connectivity index (χ1n) is 7.47. The lowest BCUT2D eigenvalue weighted by molar-refractivity contribution is -0.132. The highest BCUT2D eigenvalue weighted by Crippen LogP contribution is 2.27. The second kappa shape index (κ2) is 6.37. The van der Waals surface area contributed by atoms with Gasteiger partial charge in [-0.15, -0.1) is 0 Å². The lowest BCUT2D eigenvalue weighted by atomic mass is 9.98. The number of hydrogen-bond acceptors (Lipinski definition) is 3. The maximum atomic E-state index is 12.0. The van der Waals surface area contributed by atoms with Gasteiger partial charge < -0.3 is 16.0 Å². The maximum Gasteiger partial charge on any atom is 0.240 e. The highest BCUT2D eigenvalue weighted by Gasteiger charge is 2.36. The third kappa shape index (κ3) is 3.69. The molecule has 2 amide bonds. The minimum Gasteiger partial charge on any atom is -0.354 e. The molecule has 0 spiro atoms. The summed E-state index contributed by atoms with van der Waals surface area (Å²) in [6.07, 6.45) is 7.39. The van der Waals surface area contributed by atoms with Crippen molar-refractivity contribution in [3.05, 3.63) is 0 Å². The zero-order valence-electron chi connectivity index (χ0n) is 11.6. The summed E-state index contributed by atoms with van der Waals surface area (Å²) < 4.78 is 0. The van der Waals surface area contributed by atoms with E-state index in [1.807, 2.05) is 4.90 Å². The summed E-state index contributed by atoms with van der Waals surface area (Å²) in [5.41, 5.74) is 5.37. The molecule has 2 rings (SSSR count). The van der Waals surface area contributed by atoms with Crippen molar-refractivity contribution >= 4 is 11.8 Å². The maximum absolute atomic E-state index is 12.0. The van der Waals surface area contributed by atoms with Crippen LogP contribution in [0.25, 0.3) is 0 Å². The third-order valence-corrected chi connectivity index (χ3v) is 4.28. The first-order chi connectivity index (χ1) is 9.12. The Morgan fingerprint density at radius 3 is 2.32 bits per heavy atom. The molecule has 2 fully saturated rings. The molecule has 1 saturated heterocycles. The Morgan fingerprint density at radius 2 is 1.68 bits per heavy atom. The van der Waals surface area contributed by atoms with Gasteiger partial charge in [0.1, 0.15) is 0 Å². The fourth-order valence-electron chi connectivity index (χ4n) is 2.99. The van der Waals surface area contributed by atoms with Crippen LogP contribution in [0.3, 0.4) is 0 Å². The SMILES string of the molecule is NC1(C(=O)NCCC(=O)N2CCCCC2)CCCC1. The molecule has 1 heterocycles. The van der Waals surface area contributed by atoms with Crippen molar-refractivity contribution in [2.24, 2.45) is 5.73 Å². The van der Waals surface area contributed by atoms with E-state index < -0.39 is 5.54 Å². The van der Waals surface area contributed by atoms with Crippen molar-refractivity contribution in [1.29, 1.82) is 0 Å². The number of carbonyl (C=O) groups is 2. The van der Waals surface area contributed by atoms with Crippen LogP contribution in [0.4, 0.5) is 0 Å². The molecule has 0 aromatic carbocycles. The monoisotopic (exact) mass is 267 g/mol. The first kappa shape index (κ1) is 14.3. The summed E-state index contributed by atoms with van der Waals surface area (Å²) in [4.78, 5) is 25.8. The van der Waals surface area contributed by atoms with Crippen molar-refractivity contribution in [2.45, 2.75) is 56.9 Å². The van der Waals surface area contributed by atoms with E-state index in [4.69, 9.17) is 5.73 Å². The Balaban J connectivity index is 1.68. The number of nitrogens with two attached hydrogens (primary N) is 1. The van der Waals surface area contributed by atoms with E-state index in [9.17, 15) is 9.59 Å². The number of piperidine rings is 1. The van der Waals surface area contributed by atoms with Crippen molar-refractivity contribution in [2.75, 3.05) is 19.6 Å². The van der Waals surface area contributed by atoms with Crippen LogP contribution in [0.2, 0.25) is 0 Å². The average molecular weight is 267 g/mol. The highest BCUT2D eigenvalue weighted by molar-refractivity contribution is 5.86. The zero-order chi connectivity index (χ0) is 13.7. The molecule has 0 radical (unpaired) electrons. The predicted octanol–water partition coefficient (Wildman–Crippen LogP) is 0.777. The third-order valence-electron chi connectivity index (χ3n) is 4.28. The van der Waals surface area contributed by atoms with E-state index in [-0.39, 0.29) is 11.8 Å². The quantitative estimate of drug-likeness (QED) is 0.790. The standard InChI is InChI=1S/C14H25N3O2/c15-14(7-2-3-8-14)13(19)16-9-6-12(18)17-10-4-1-5-11-17/h1-11,15H2,(H,16,19). The summed E-state index contributed by atoms with van der Waals surface area (Å²) >= 11 is 0. The molecular weight excluding hydrogens is 242 g/mol. The molecule has 108 valence electrons. The molecule has 3 N–H and O–H groups in total. The molecule has 1 saturated carbocycles. The van der Waals surface area contributed by atoms with Gasteiger partial charge in [-0.1, -0.05) is 12.8 Å². The van der Waals surface area contributed by atoms with Crippen LogP contribution >= 0.6 is 0 Å². The van der Waals surface area contributed by atoms with Crippen LogP contribution in [-0.2, 0) is 9.59 Å². The Labute approximate surface area is 114 Å². The summed E-state index contributed by atoms with van der Waals surface area (Å²) in [6.45, 7) is 2.15. The number of likely N-dealkylation sites (tertiary alicyclic amines) is 1. The summed E-state index contributed by atoms with van der Waals surface area (Å²) in [5, 5.41) is 2.82. The molecule has 0 aromatic heterocycles. The normalized spacial score (nSPS) is 22.3. The molecule has 0 unspecified atom stereocenters. The zero-order valence-corrected chi connectivity index (χ0v) is 11.6. The molecule has 5 nitrogen and oxygen atoms in total. The van der Waals surface area contributed by atoms with Gasteiger partial charge in [-0.2, -0.15) is 0 Å². The Hall–Kier alpha value is -1.10. The van der Waals surface area contributed by atoms with E-state index in [0.717, 1.165) is 51.6 Å². The van der Waals surface area contributed by atoms with Crippen LogP contribution in [-0.4, -0.2) is 41.9 Å². The molecule has 2 aliphatic rings. The molecule has 19 heavy (non-hydrogen) atoms. The van der Waals surface area contributed by atoms with Crippen molar-refractivity contribution in [1.82, 2.24) is 10.2 Å². The van der Waals surface area contributed by atoms with E-state index >= 15 is 0 Å². The minimum atomic E-state index is -0.686. The van der Waals surface area contributed by atoms with E-state index in [2.05, 4.69) is 5.32 Å². The van der Waals surface area contributed by atoms with Gasteiger partial charge in [0.2, 0.25) is 11.8 Å². The number of nitrogens with one attached hydrogen (secondary N) is 1. The average Bonchev–Trinajstić information content (AvgIpc) is 2.88. The lowest BCUT2D eigenvalue weighted by Crippen LogP contribution is -2.52. The van der Waals surface area contributed by atoms with Gasteiger partial charge in [0.25, 0.3) is 0 Å². The number of carbonyl (C=O) groups excluding carboxylic acids is 2. The van der Waals surface area contributed by atoms with Gasteiger partial charge in [-0.05, 0) is 32.1 Å². The predicted molar refractivity (Wildman–Crippen MR) is 73.4 cm³/mol. The Morgan fingerprint density at radius 1 is 1.05 bits per heavy atom. The minimum absolute atomic E-state index is 0.0866. The fraction of sp³-hybridized carbons (Fsp3) is 0.857. The van der Waals surface area contributed by atoms with Crippen LogP contribution in [0, 0.1) is 0 Å². The number of hydrogen-bond donors (Lipinski definition) is 2. The van der Waals surface area contributed by atoms with Gasteiger partial charge in [0, 0.05) is 26.1 Å². The molecule has 0 bridgehead atoms. The topological polar surface area (TPSA) is 75.4 Å². The number of nitrogens with zero attached hydrogens (tertiary/aromatic N) is 1. The molecule has 0 atom stereocenters. The van der Waals surface area contributed by atoms with Crippen LogP contribution in [0.1, 0.15) is 51.4 Å². The van der Waals surface area contributed by atoms with Gasteiger partial charge in [0.15, 0.2) is 0 Å². The van der Waals surface area contributed by atoms with Crippen LogP contribution in [0.15, 0.2) is 0 Å². The van der Waals surface area contributed by atoms with Gasteiger partial charge >= 0.3 is 0 Å². The smallest absolute Gasteiger partial charge is 0.240 e. The van der Waals surface area contributed by atoms with Crippen molar-refractivity contribution < 1.29 is 9.59 Å². The largest absolute Gasteiger partial charge is 0.354 e. The van der Waals surface area contributed by atoms with Gasteiger partial charge in [-0.25, -0.2) is 0 Å². The second-order valence-electron chi connectivity index (χ2n) is 5.81. The highest BCUT2D eigenvalue weighted by atomic mass is 16.2. The number of rotatable bonds is 4. The van der Waals surface area contributed by atoms with E-state index in [0.29, 0.717) is 13.0 Å². The molecular formula is C14H25N3O2. The van der Waals surface area contributed by atoms with Crippen LogP contribution in [0.5, 0.6) is 0 Å². The summed E-state index contributed by atoms with van der Waals surface area (Å²) in [7, 11) is 0. The Kier molecular flexibility index (Phi) is 4.80. The van der Waals surface area contributed by atoms with Gasteiger partial charge in [-0.3, -0.25) is 9.59 Å². The van der Waals surface area contributed by atoms with Crippen molar-refractivity contribution in [3.63, 3.8) is 0 Å². The molecule has 1 aliphatic heterocycles. The molecule has 0 aromatic rings. The summed E-state index contributed by atoms with van der Waals surface area (Å²) in [6, 6.07) is 0. The van der Waals surface area contributed by atoms with Crippen molar-refractivity contribution in [3.8, 4) is 0 Å². The second-order valence-corrected chi connectivity index (χ2v) is 5.81. The Bertz CT molecular complexity index is 332. The lowest BCUT2D eigenvalue weighted by Gasteiger charge is -2.27. The number of amides is 2.